The Labute approximate surface area is 197 Å². The molecule has 180 valence electrons. The Morgan fingerprint density at radius 2 is 1.88 bits per heavy atom. The van der Waals surface area contributed by atoms with Crippen LogP contribution in [-0.4, -0.2) is 29.5 Å². The maximum Gasteiger partial charge on any atom is 0.330 e. The second-order valence-electron chi connectivity index (χ2n) is 8.12. The molecule has 0 unspecified atom stereocenters. The van der Waals surface area contributed by atoms with Gasteiger partial charge in [0.1, 0.15) is 17.3 Å². The summed E-state index contributed by atoms with van der Waals surface area (Å²) in [5, 5.41) is 0. The lowest BCUT2D eigenvalue weighted by atomic mass is 10.2. The third-order valence-corrected chi connectivity index (χ3v) is 5.67. The molecule has 0 aliphatic carbocycles. The SMILES string of the molecule is CCCCn1c(N)c(N(CCCOc2ccc3c(c2)OCO3)Cc2ccccc2)c(=O)[nH]c1=O. The van der Waals surface area contributed by atoms with Crippen molar-refractivity contribution in [3.63, 3.8) is 0 Å². The van der Waals surface area contributed by atoms with Crippen molar-refractivity contribution < 1.29 is 14.2 Å². The number of nitrogens with zero attached hydrogens (tertiary/aromatic N) is 2. The molecule has 34 heavy (non-hydrogen) atoms. The number of aromatic nitrogens is 2. The number of rotatable bonds is 11. The highest BCUT2D eigenvalue weighted by molar-refractivity contribution is 5.62. The fourth-order valence-corrected chi connectivity index (χ4v) is 3.91. The zero-order chi connectivity index (χ0) is 23.9. The molecule has 9 nitrogen and oxygen atoms in total. The lowest BCUT2D eigenvalue weighted by Crippen LogP contribution is -2.39. The van der Waals surface area contributed by atoms with Gasteiger partial charge in [-0.2, -0.15) is 0 Å². The van der Waals surface area contributed by atoms with Crippen molar-refractivity contribution in [2.45, 2.75) is 39.3 Å². The molecule has 1 aliphatic rings. The van der Waals surface area contributed by atoms with E-state index in [2.05, 4.69) is 4.98 Å². The van der Waals surface area contributed by atoms with Gasteiger partial charge in [0.05, 0.1) is 6.61 Å². The van der Waals surface area contributed by atoms with Crippen LogP contribution < -0.4 is 36.1 Å². The van der Waals surface area contributed by atoms with Crippen LogP contribution in [0.4, 0.5) is 11.5 Å². The van der Waals surface area contributed by atoms with Crippen molar-refractivity contribution in [1.82, 2.24) is 9.55 Å². The van der Waals surface area contributed by atoms with Gasteiger partial charge in [-0.25, -0.2) is 4.79 Å². The minimum Gasteiger partial charge on any atom is -0.493 e. The number of nitrogen functional groups attached to an aromatic ring is 1. The summed E-state index contributed by atoms with van der Waals surface area (Å²) in [5.41, 5.74) is 6.75. The van der Waals surface area contributed by atoms with Gasteiger partial charge in [0.25, 0.3) is 5.56 Å². The van der Waals surface area contributed by atoms with Gasteiger partial charge in [-0.3, -0.25) is 14.3 Å². The molecule has 0 fully saturated rings. The molecule has 2 heterocycles. The highest BCUT2D eigenvalue weighted by Gasteiger charge is 2.19. The number of fused-ring (bicyclic) bond motifs is 1. The lowest BCUT2D eigenvalue weighted by Gasteiger charge is -2.26. The van der Waals surface area contributed by atoms with Gasteiger partial charge < -0.3 is 24.8 Å². The maximum atomic E-state index is 12.8. The van der Waals surface area contributed by atoms with E-state index in [-0.39, 0.29) is 12.6 Å². The van der Waals surface area contributed by atoms with E-state index in [4.69, 9.17) is 19.9 Å². The van der Waals surface area contributed by atoms with Crippen LogP contribution in [0, 0.1) is 0 Å². The molecule has 0 radical (unpaired) electrons. The van der Waals surface area contributed by atoms with Gasteiger partial charge in [-0.1, -0.05) is 43.7 Å². The van der Waals surface area contributed by atoms with Crippen LogP contribution in [0.3, 0.4) is 0 Å². The minimum atomic E-state index is -0.483. The van der Waals surface area contributed by atoms with Gasteiger partial charge in [-0.15, -0.1) is 0 Å². The molecular formula is C25H30N4O5. The summed E-state index contributed by atoms with van der Waals surface area (Å²) in [6.45, 7) is 4.12. The molecule has 0 spiro atoms. The number of H-pyrrole nitrogens is 1. The zero-order valence-corrected chi connectivity index (χ0v) is 19.3. The molecule has 0 bridgehead atoms. The van der Waals surface area contributed by atoms with Crippen LogP contribution in [0.2, 0.25) is 0 Å². The first kappa shape index (κ1) is 23.3. The number of hydrogen-bond donors (Lipinski definition) is 2. The number of nitrogens with one attached hydrogen (secondary N) is 1. The molecule has 0 atom stereocenters. The van der Waals surface area contributed by atoms with Crippen molar-refractivity contribution in [3.05, 3.63) is 74.9 Å². The summed E-state index contributed by atoms with van der Waals surface area (Å²) in [4.78, 5) is 29.5. The quantitative estimate of drug-likeness (QED) is 0.418. The largest absolute Gasteiger partial charge is 0.493 e. The van der Waals surface area contributed by atoms with Gasteiger partial charge in [0.15, 0.2) is 11.5 Å². The molecule has 9 heteroatoms. The van der Waals surface area contributed by atoms with E-state index in [9.17, 15) is 9.59 Å². The number of unbranched alkanes of at least 4 members (excludes halogenated alkanes) is 1. The third-order valence-electron chi connectivity index (χ3n) is 5.67. The average molecular weight is 467 g/mol. The Morgan fingerprint density at radius 1 is 1.09 bits per heavy atom. The topological polar surface area (TPSA) is 112 Å². The molecule has 0 saturated carbocycles. The average Bonchev–Trinajstić information content (AvgIpc) is 3.30. The summed E-state index contributed by atoms with van der Waals surface area (Å²) < 4.78 is 18.1. The first-order chi connectivity index (χ1) is 16.6. The standard InChI is InChI=1S/C25H30N4O5/c1-2-3-13-29-23(26)22(24(30)27-25(29)31)28(16-18-8-5-4-6-9-18)12-7-14-32-19-10-11-20-21(15-19)34-17-33-20/h4-6,8-11,15H,2-3,7,12-14,16-17,26H2,1H3,(H,27,30,31). The summed E-state index contributed by atoms with van der Waals surface area (Å²) in [6, 6.07) is 15.3. The van der Waals surface area contributed by atoms with E-state index in [1.807, 2.05) is 54.3 Å². The van der Waals surface area contributed by atoms with Crippen molar-refractivity contribution in [2.24, 2.45) is 0 Å². The van der Waals surface area contributed by atoms with Gasteiger partial charge in [0.2, 0.25) is 6.79 Å². The van der Waals surface area contributed by atoms with Crippen LogP contribution in [0.25, 0.3) is 0 Å². The van der Waals surface area contributed by atoms with Crippen molar-refractivity contribution in [2.75, 3.05) is 30.6 Å². The van der Waals surface area contributed by atoms with E-state index < -0.39 is 11.2 Å². The lowest BCUT2D eigenvalue weighted by molar-refractivity contribution is 0.173. The Hall–Kier alpha value is -3.88. The summed E-state index contributed by atoms with van der Waals surface area (Å²) in [6.07, 6.45) is 2.33. The predicted molar refractivity (Wildman–Crippen MR) is 131 cm³/mol. The van der Waals surface area contributed by atoms with Gasteiger partial charge in [0, 0.05) is 25.7 Å². The number of nitrogens with two attached hydrogens (primary N) is 1. The predicted octanol–water partition coefficient (Wildman–Crippen LogP) is 3.12. The van der Waals surface area contributed by atoms with Gasteiger partial charge >= 0.3 is 5.69 Å². The molecule has 3 N–H and O–H groups in total. The molecule has 4 rings (SSSR count). The highest BCUT2D eigenvalue weighted by Crippen LogP contribution is 2.35. The minimum absolute atomic E-state index is 0.190. The first-order valence-electron chi connectivity index (χ1n) is 11.5. The molecule has 2 aromatic carbocycles. The van der Waals surface area contributed by atoms with Crippen LogP contribution >= 0.6 is 0 Å². The fraction of sp³-hybridized carbons (Fsp3) is 0.360. The summed E-state index contributed by atoms with van der Waals surface area (Å²) in [5.74, 6) is 2.24. The van der Waals surface area contributed by atoms with E-state index in [1.165, 1.54) is 4.57 Å². The van der Waals surface area contributed by atoms with Crippen LogP contribution in [-0.2, 0) is 13.1 Å². The van der Waals surface area contributed by atoms with E-state index in [1.54, 1.807) is 6.07 Å². The number of anilines is 2. The molecule has 1 aromatic heterocycles. The molecule has 3 aromatic rings. The monoisotopic (exact) mass is 466 g/mol. The fourth-order valence-electron chi connectivity index (χ4n) is 3.91. The summed E-state index contributed by atoms with van der Waals surface area (Å²) >= 11 is 0. The van der Waals surface area contributed by atoms with Crippen molar-refractivity contribution in [3.8, 4) is 17.2 Å². The second kappa shape index (κ2) is 10.8. The maximum absolute atomic E-state index is 12.8. The third kappa shape index (κ3) is 5.36. The van der Waals surface area contributed by atoms with E-state index in [0.717, 1.165) is 18.4 Å². The molecule has 0 saturated heterocycles. The Bertz CT molecular complexity index is 1220. The second-order valence-corrected chi connectivity index (χ2v) is 8.12. The number of hydrogen-bond acceptors (Lipinski definition) is 7. The molecule has 1 aliphatic heterocycles. The smallest absolute Gasteiger partial charge is 0.330 e. The first-order valence-corrected chi connectivity index (χ1v) is 11.5. The summed E-state index contributed by atoms with van der Waals surface area (Å²) in [7, 11) is 0. The van der Waals surface area contributed by atoms with Crippen LogP contribution in [0.15, 0.2) is 58.1 Å². The van der Waals surface area contributed by atoms with E-state index in [0.29, 0.717) is 55.6 Å². The number of ether oxygens (including phenoxy) is 3. The number of aromatic amines is 1. The molecular weight excluding hydrogens is 436 g/mol. The van der Waals surface area contributed by atoms with Gasteiger partial charge in [-0.05, 0) is 30.5 Å². The Balaban J connectivity index is 1.51. The van der Waals surface area contributed by atoms with E-state index >= 15 is 0 Å². The van der Waals surface area contributed by atoms with Crippen LogP contribution in [0.5, 0.6) is 17.2 Å². The number of benzene rings is 2. The highest BCUT2D eigenvalue weighted by atomic mass is 16.7. The zero-order valence-electron chi connectivity index (χ0n) is 19.3. The normalized spacial score (nSPS) is 12.0. The molecule has 0 amide bonds. The van der Waals surface area contributed by atoms with Crippen molar-refractivity contribution >= 4 is 11.5 Å². The van der Waals surface area contributed by atoms with Crippen LogP contribution in [0.1, 0.15) is 31.7 Å². The van der Waals surface area contributed by atoms with Crippen molar-refractivity contribution in [1.29, 1.82) is 0 Å². The Kier molecular flexibility index (Phi) is 7.41. The Morgan fingerprint density at radius 3 is 2.68 bits per heavy atom.